The number of aromatic nitrogens is 5. The van der Waals surface area contributed by atoms with Crippen molar-refractivity contribution in [2.24, 2.45) is 7.05 Å². The summed E-state index contributed by atoms with van der Waals surface area (Å²) >= 11 is 0. The quantitative estimate of drug-likeness (QED) is 0.766. The predicted molar refractivity (Wildman–Crippen MR) is 65.2 cm³/mol. The fourth-order valence-electron chi connectivity index (χ4n) is 1.77. The highest BCUT2D eigenvalue weighted by Gasteiger charge is 2.16. The van der Waals surface area contributed by atoms with Crippen LogP contribution in [0.15, 0.2) is 24.9 Å². The highest BCUT2D eigenvalue weighted by Crippen LogP contribution is 2.21. The van der Waals surface area contributed by atoms with Gasteiger partial charge in [0, 0.05) is 19.8 Å². The van der Waals surface area contributed by atoms with Crippen LogP contribution in [0.25, 0.3) is 11.4 Å². The number of aryl methyl sites for hydroxylation is 1. The van der Waals surface area contributed by atoms with Crippen molar-refractivity contribution in [3.63, 3.8) is 0 Å². The van der Waals surface area contributed by atoms with Gasteiger partial charge in [0.25, 0.3) is 0 Å². The van der Waals surface area contributed by atoms with Crippen LogP contribution in [0.1, 0.15) is 5.69 Å². The molecule has 0 aliphatic carbocycles. The van der Waals surface area contributed by atoms with Crippen molar-refractivity contribution in [2.75, 3.05) is 7.05 Å². The van der Waals surface area contributed by atoms with Gasteiger partial charge in [-0.05, 0) is 13.1 Å². The molecule has 0 fully saturated rings. The minimum atomic E-state index is 0.636. The van der Waals surface area contributed by atoms with E-state index in [-0.39, 0.29) is 0 Å². The molecule has 0 aromatic carbocycles. The molecule has 6 heteroatoms. The standard InChI is InChI=1S/C11H16N6/c1-4-7-17-11(9(8-12-2)14-15-17)10-5-6-13-16(10)3/h4-6,12H,1,7-8H2,2-3H3. The minimum Gasteiger partial charge on any atom is -0.314 e. The molecule has 0 spiro atoms. The number of nitrogens with one attached hydrogen (secondary N) is 1. The van der Waals surface area contributed by atoms with Gasteiger partial charge in [0.1, 0.15) is 11.4 Å². The van der Waals surface area contributed by atoms with Crippen LogP contribution < -0.4 is 5.32 Å². The highest BCUT2D eigenvalue weighted by atomic mass is 15.4. The lowest BCUT2D eigenvalue weighted by Gasteiger charge is -2.06. The molecule has 0 atom stereocenters. The summed E-state index contributed by atoms with van der Waals surface area (Å²) in [5, 5.41) is 15.6. The van der Waals surface area contributed by atoms with E-state index in [1.165, 1.54) is 0 Å². The first-order chi connectivity index (χ1) is 8.27. The predicted octanol–water partition coefficient (Wildman–Crippen LogP) is 0.584. The Morgan fingerprint density at radius 3 is 2.94 bits per heavy atom. The molecule has 90 valence electrons. The highest BCUT2D eigenvalue weighted by molar-refractivity contribution is 5.57. The van der Waals surface area contributed by atoms with Crippen molar-refractivity contribution < 1.29 is 0 Å². The molecule has 0 saturated carbocycles. The lowest BCUT2D eigenvalue weighted by atomic mass is 10.2. The molecule has 2 aromatic heterocycles. The van der Waals surface area contributed by atoms with E-state index < -0.39 is 0 Å². The molecule has 2 heterocycles. The van der Waals surface area contributed by atoms with Crippen molar-refractivity contribution in [2.45, 2.75) is 13.1 Å². The maximum atomic E-state index is 4.18. The Morgan fingerprint density at radius 1 is 1.53 bits per heavy atom. The lowest BCUT2D eigenvalue weighted by Crippen LogP contribution is -2.09. The molecule has 0 radical (unpaired) electrons. The van der Waals surface area contributed by atoms with Gasteiger partial charge in [-0.2, -0.15) is 5.10 Å². The zero-order valence-electron chi connectivity index (χ0n) is 10.1. The van der Waals surface area contributed by atoms with E-state index in [4.69, 9.17) is 0 Å². The van der Waals surface area contributed by atoms with Crippen LogP contribution in [0.3, 0.4) is 0 Å². The SMILES string of the molecule is C=CCn1nnc(CNC)c1-c1ccnn1C. The summed E-state index contributed by atoms with van der Waals surface area (Å²) in [7, 11) is 3.79. The van der Waals surface area contributed by atoms with Gasteiger partial charge in [0.2, 0.25) is 0 Å². The Hall–Kier alpha value is -1.95. The van der Waals surface area contributed by atoms with Gasteiger partial charge >= 0.3 is 0 Å². The van der Waals surface area contributed by atoms with E-state index in [0.29, 0.717) is 13.1 Å². The summed E-state index contributed by atoms with van der Waals surface area (Å²) in [6, 6.07) is 1.96. The van der Waals surface area contributed by atoms with E-state index >= 15 is 0 Å². The van der Waals surface area contributed by atoms with Crippen molar-refractivity contribution in [3.8, 4) is 11.4 Å². The van der Waals surface area contributed by atoms with Crippen LogP contribution in [0.4, 0.5) is 0 Å². The van der Waals surface area contributed by atoms with Crippen molar-refractivity contribution in [1.29, 1.82) is 0 Å². The van der Waals surface area contributed by atoms with Crippen molar-refractivity contribution in [1.82, 2.24) is 30.1 Å². The summed E-state index contributed by atoms with van der Waals surface area (Å²) in [4.78, 5) is 0. The normalized spacial score (nSPS) is 10.7. The molecule has 2 rings (SSSR count). The van der Waals surface area contributed by atoms with Crippen LogP contribution in [0, 0.1) is 0 Å². The number of hydrogen-bond acceptors (Lipinski definition) is 4. The van der Waals surface area contributed by atoms with E-state index in [1.807, 2.05) is 29.5 Å². The molecular formula is C11H16N6. The third kappa shape index (κ3) is 2.12. The van der Waals surface area contributed by atoms with Gasteiger partial charge in [-0.15, -0.1) is 11.7 Å². The Morgan fingerprint density at radius 2 is 2.35 bits per heavy atom. The molecule has 0 unspecified atom stereocenters. The maximum absolute atomic E-state index is 4.18. The molecule has 0 saturated heterocycles. The molecule has 0 bridgehead atoms. The summed E-state index contributed by atoms with van der Waals surface area (Å²) in [5.74, 6) is 0. The fourth-order valence-corrected chi connectivity index (χ4v) is 1.77. The average Bonchev–Trinajstić information content (AvgIpc) is 2.87. The number of allylic oxidation sites excluding steroid dienone is 1. The van der Waals surface area contributed by atoms with E-state index in [0.717, 1.165) is 17.1 Å². The van der Waals surface area contributed by atoms with Crippen LogP contribution in [-0.4, -0.2) is 31.8 Å². The zero-order valence-corrected chi connectivity index (χ0v) is 10.1. The van der Waals surface area contributed by atoms with Crippen LogP contribution in [0.2, 0.25) is 0 Å². The third-order valence-corrected chi connectivity index (χ3v) is 2.51. The minimum absolute atomic E-state index is 0.636. The van der Waals surface area contributed by atoms with Gasteiger partial charge in [-0.1, -0.05) is 11.3 Å². The fraction of sp³-hybridized carbons (Fsp3) is 0.364. The monoisotopic (exact) mass is 232 g/mol. The molecule has 2 aromatic rings. The summed E-state index contributed by atoms with van der Waals surface area (Å²) < 4.78 is 3.65. The zero-order chi connectivity index (χ0) is 12.3. The van der Waals surface area contributed by atoms with E-state index in [2.05, 4.69) is 27.3 Å². The molecule has 0 aliphatic rings. The van der Waals surface area contributed by atoms with Gasteiger partial charge in [0.05, 0.1) is 12.2 Å². The van der Waals surface area contributed by atoms with Crippen molar-refractivity contribution in [3.05, 3.63) is 30.6 Å². The second kappa shape index (κ2) is 4.92. The van der Waals surface area contributed by atoms with E-state index in [1.54, 1.807) is 12.3 Å². The Bertz CT molecular complexity index is 510. The summed E-state index contributed by atoms with van der Waals surface area (Å²) in [6.07, 6.45) is 3.57. The van der Waals surface area contributed by atoms with Crippen LogP contribution >= 0.6 is 0 Å². The lowest BCUT2D eigenvalue weighted by molar-refractivity contribution is 0.659. The third-order valence-electron chi connectivity index (χ3n) is 2.51. The second-order valence-electron chi connectivity index (χ2n) is 3.73. The Labute approximate surface area is 99.9 Å². The first-order valence-electron chi connectivity index (χ1n) is 5.44. The first kappa shape index (κ1) is 11.5. The summed E-state index contributed by atoms with van der Waals surface area (Å²) in [6.45, 7) is 5.04. The Balaban J connectivity index is 2.51. The van der Waals surface area contributed by atoms with E-state index in [9.17, 15) is 0 Å². The van der Waals surface area contributed by atoms with Crippen molar-refractivity contribution >= 4 is 0 Å². The first-order valence-corrected chi connectivity index (χ1v) is 5.44. The van der Waals surface area contributed by atoms with Gasteiger partial charge in [0.15, 0.2) is 0 Å². The molecule has 17 heavy (non-hydrogen) atoms. The van der Waals surface area contributed by atoms with Crippen LogP contribution in [0.5, 0.6) is 0 Å². The molecule has 0 aliphatic heterocycles. The Kier molecular flexibility index (Phi) is 3.34. The van der Waals surface area contributed by atoms with Gasteiger partial charge in [-0.25, -0.2) is 4.68 Å². The average molecular weight is 232 g/mol. The second-order valence-corrected chi connectivity index (χ2v) is 3.73. The van der Waals surface area contributed by atoms with Gasteiger partial charge in [-0.3, -0.25) is 4.68 Å². The number of hydrogen-bond donors (Lipinski definition) is 1. The molecule has 1 N–H and O–H groups in total. The summed E-state index contributed by atoms with van der Waals surface area (Å²) in [5.41, 5.74) is 2.90. The van der Waals surface area contributed by atoms with Gasteiger partial charge < -0.3 is 5.32 Å². The number of nitrogens with zero attached hydrogens (tertiary/aromatic N) is 5. The van der Waals surface area contributed by atoms with Crippen LogP contribution in [-0.2, 0) is 20.1 Å². The smallest absolute Gasteiger partial charge is 0.112 e. The number of rotatable bonds is 5. The topological polar surface area (TPSA) is 60.6 Å². The molecule has 6 nitrogen and oxygen atoms in total. The largest absolute Gasteiger partial charge is 0.314 e. The molecular weight excluding hydrogens is 216 g/mol. The molecule has 0 amide bonds. The maximum Gasteiger partial charge on any atom is 0.112 e.